The number of benzene rings is 2. The highest BCUT2D eigenvalue weighted by atomic mass is 35.5. The Balaban J connectivity index is 2.31. The highest BCUT2D eigenvalue weighted by molar-refractivity contribution is 6.31. The lowest BCUT2D eigenvalue weighted by Gasteiger charge is -2.19. The summed E-state index contributed by atoms with van der Waals surface area (Å²) in [6.45, 7) is 1.86. The van der Waals surface area contributed by atoms with Crippen LogP contribution in [0.3, 0.4) is 0 Å². The first kappa shape index (κ1) is 14.9. The van der Waals surface area contributed by atoms with Crippen LogP contribution in [0.1, 0.15) is 22.7 Å². The summed E-state index contributed by atoms with van der Waals surface area (Å²) in [7, 11) is 1.80. The molecule has 4 heteroatoms. The molecule has 106 valence electrons. The zero-order valence-electron chi connectivity index (χ0n) is 11.4. The number of hydrogen-bond donors (Lipinski definition) is 1. The van der Waals surface area contributed by atoms with Gasteiger partial charge in [0.05, 0.1) is 5.02 Å². The predicted octanol–water partition coefficient (Wildman–Crippen LogP) is 4.43. The average molecular weight is 296 g/mol. The molecule has 0 fully saturated rings. The van der Waals surface area contributed by atoms with Crippen LogP contribution in [0.5, 0.6) is 0 Å². The van der Waals surface area contributed by atoms with Crippen molar-refractivity contribution >= 4 is 11.6 Å². The van der Waals surface area contributed by atoms with E-state index in [9.17, 15) is 8.78 Å². The third-order valence-corrected chi connectivity index (χ3v) is 3.83. The molecule has 0 saturated heterocycles. The van der Waals surface area contributed by atoms with Crippen molar-refractivity contribution in [3.8, 4) is 0 Å². The van der Waals surface area contributed by atoms with Gasteiger partial charge in [-0.25, -0.2) is 8.78 Å². The predicted molar refractivity (Wildman–Crippen MR) is 78.1 cm³/mol. The molecule has 0 bridgehead atoms. The maximum Gasteiger partial charge on any atom is 0.142 e. The van der Waals surface area contributed by atoms with E-state index in [1.165, 1.54) is 18.2 Å². The number of rotatable bonds is 4. The molecule has 0 amide bonds. The number of halogens is 3. The maximum atomic E-state index is 13.5. The lowest BCUT2D eigenvalue weighted by Crippen LogP contribution is -2.20. The van der Waals surface area contributed by atoms with Gasteiger partial charge in [0.1, 0.15) is 11.6 Å². The lowest BCUT2D eigenvalue weighted by molar-refractivity contribution is 0.575. The third kappa shape index (κ3) is 3.17. The summed E-state index contributed by atoms with van der Waals surface area (Å²) in [5.74, 6) is -0.684. The van der Waals surface area contributed by atoms with E-state index in [4.69, 9.17) is 11.6 Å². The SMILES string of the molecule is CNC(Cc1ccc(F)cc1C)c1cccc(F)c1Cl. The highest BCUT2D eigenvalue weighted by Crippen LogP contribution is 2.28. The van der Waals surface area contributed by atoms with Gasteiger partial charge in [-0.15, -0.1) is 0 Å². The number of likely N-dealkylation sites (N-methyl/N-ethyl adjacent to an activating group) is 1. The number of nitrogens with one attached hydrogen (secondary N) is 1. The van der Waals surface area contributed by atoms with E-state index in [2.05, 4.69) is 5.32 Å². The molecule has 0 radical (unpaired) electrons. The summed E-state index contributed by atoms with van der Waals surface area (Å²) < 4.78 is 26.7. The summed E-state index contributed by atoms with van der Waals surface area (Å²) in [5.41, 5.74) is 2.58. The largest absolute Gasteiger partial charge is 0.313 e. The van der Waals surface area contributed by atoms with Crippen molar-refractivity contribution in [1.82, 2.24) is 5.32 Å². The molecule has 0 saturated carbocycles. The zero-order valence-corrected chi connectivity index (χ0v) is 12.1. The minimum atomic E-state index is -0.430. The molecule has 20 heavy (non-hydrogen) atoms. The van der Waals surface area contributed by atoms with E-state index in [0.29, 0.717) is 12.0 Å². The Morgan fingerprint density at radius 2 is 1.95 bits per heavy atom. The smallest absolute Gasteiger partial charge is 0.142 e. The number of hydrogen-bond acceptors (Lipinski definition) is 1. The Kier molecular flexibility index (Phi) is 4.73. The first-order chi connectivity index (χ1) is 9.52. The van der Waals surface area contributed by atoms with Crippen molar-refractivity contribution in [2.45, 2.75) is 19.4 Å². The molecule has 0 aliphatic heterocycles. The van der Waals surface area contributed by atoms with E-state index in [1.54, 1.807) is 25.2 Å². The van der Waals surface area contributed by atoms with Crippen LogP contribution in [0.25, 0.3) is 0 Å². The Labute approximate surface area is 122 Å². The summed E-state index contributed by atoms with van der Waals surface area (Å²) >= 11 is 6.02. The first-order valence-corrected chi connectivity index (χ1v) is 6.77. The van der Waals surface area contributed by atoms with Crippen LogP contribution >= 0.6 is 11.6 Å². The zero-order chi connectivity index (χ0) is 14.7. The normalized spacial score (nSPS) is 12.4. The third-order valence-electron chi connectivity index (χ3n) is 3.43. The van der Waals surface area contributed by atoms with E-state index in [-0.39, 0.29) is 16.9 Å². The van der Waals surface area contributed by atoms with Crippen LogP contribution in [-0.2, 0) is 6.42 Å². The van der Waals surface area contributed by atoms with Gasteiger partial charge in [0, 0.05) is 6.04 Å². The van der Waals surface area contributed by atoms with Crippen molar-refractivity contribution in [2.24, 2.45) is 0 Å². The van der Waals surface area contributed by atoms with Gasteiger partial charge in [0.25, 0.3) is 0 Å². The summed E-state index contributed by atoms with van der Waals surface area (Å²) in [6, 6.07) is 9.33. The van der Waals surface area contributed by atoms with Crippen LogP contribution in [0.4, 0.5) is 8.78 Å². The molecular weight excluding hydrogens is 280 g/mol. The van der Waals surface area contributed by atoms with Crippen molar-refractivity contribution in [1.29, 1.82) is 0 Å². The monoisotopic (exact) mass is 295 g/mol. The Bertz CT molecular complexity index is 613. The Hall–Kier alpha value is -1.45. The molecule has 2 aromatic carbocycles. The molecule has 0 aliphatic rings. The molecule has 1 N–H and O–H groups in total. The fraction of sp³-hybridized carbons (Fsp3) is 0.250. The topological polar surface area (TPSA) is 12.0 Å². The van der Waals surface area contributed by atoms with Gasteiger partial charge in [0.2, 0.25) is 0 Å². The minimum absolute atomic E-state index is 0.123. The fourth-order valence-electron chi connectivity index (χ4n) is 2.27. The van der Waals surface area contributed by atoms with Gasteiger partial charge < -0.3 is 5.32 Å². The molecule has 0 heterocycles. The molecule has 0 spiro atoms. The van der Waals surface area contributed by atoms with Crippen molar-refractivity contribution in [3.63, 3.8) is 0 Å². The van der Waals surface area contributed by atoms with Gasteiger partial charge in [-0.1, -0.05) is 29.8 Å². The van der Waals surface area contributed by atoms with E-state index < -0.39 is 5.82 Å². The first-order valence-electron chi connectivity index (χ1n) is 6.39. The summed E-state index contributed by atoms with van der Waals surface area (Å²) in [4.78, 5) is 0. The minimum Gasteiger partial charge on any atom is -0.313 e. The summed E-state index contributed by atoms with van der Waals surface area (Å²) in [5, 5.41) is 3.26. The van der Waals surface area contributed by atoms with E-state index in [0.717, 1.165) is 11.1 Å². The molecule has 2 aromatic rings. The van der Waals surface area contributed by atoms with Crippen molar-refractivity contribution in [3.05, 3.63) is 69.7 Å². The van der Waals surface area contributed by atoms with Crippen molar-refractivity contribution in [2.75, 3.05) is 7.05 Å². The fourth-order valence-corrected chi connectivity index (χ4v) is 2.52. The number of aryl methyl sites for hydroxylation is 1. The molecule has 1 atom stereocenters. The lowest BCUT2D eigenvalue weighted by atomic mass is 9.96. The summed E-state index contributed by atoms with van der Waals surface area (Å²) in [6.07, 6.45) is 0.617. The molecule has 0 aromatic heterocycles. The van der Waals surface area contributed by atoms with Gasteiger partial charge >= 0.3 is 0 Å². The maximum absolute atomic E-state index is 13.5. The van der Waals surface area contributed by atoms with Crippen LogP contribution in [0.2, 0.25) is 5.02 Å². The molecule has 1 unspecified atom stereocenters. The molecule has 1 nitrogen and oxygen atoms in total. The molecule has 0 aliphatic carbocycles. The second-order valence-corrected chi connectivity index (χ2v) is 5.14. The van der Waals surface area contributed by atoms with E-state index in [1.807, 2.05) is 6.92 Å². The quantitative estimate of drug-likeness (QED) is 0.880. The standard InChI is InChI=1S/C16H16ClF2N/c1-10-8-12(18)7-6-11(10)9-15(20-2)13-4-3-5-14(19)16(13)17/h3-8,15,20H,9H2,1-2H3. The Morgan fingerprint density at radius 3 is 2.60 bits per heavy atom. The van der Waals surface area contributed by atoms with Crippen molar-refractivity contribution < 1.29 is 8.78 Å². The van der Waals surface area contributed by atoms with E-state index >= 15 is 0 Å². The van der Waals surface area contributed by atoms with Gasteiger partial charge in [0.15, 0.2) is 0 Å². The van der Waals surface area contributed by atoms with Crippen LogP contribution in [-0.4, -0.2) is 7.05 Å². The van der Waals surface area contributed by atoms with Gasteiger partial charge in [-0.2, -0.15) is 0 Å². The second kappa shape index (κ2) is 6.33. The van der Waals surface area contributed by atoms with Gasteiger partial charge in [-0.05, 0) is 55.3 Å². The van der Waals surface area contributed by atoms with Crippen LogP contribution in [0.15, 0.2) is 36.4 Å². The Morgan fingerprint density at radius 1 is 1.20 bits per heavy atom. The highest BCUT2D eigenvalue weighted by Gasteiger charge is 2.16. The molecular formula is C16H16ClF2N. The molecule has 2 rings (SSSR count). The van der Waals surface area contributed by atoms with Crippen LogP contribution < -0.4 is 5.32 Å². The second-order valence-electron chi connectivity index (χ2n) is 4.76. The average Bonchev–Trinajstić information content (AvgIpc) is 2.42. The van der Waals surface area contributed by atoms with Crippen LogP contribution in [0, 0.1) is 18.6 Å². The van der Waals surface area contributed by atoms with Gasteiger partial charge in [-0.3, -0.25) is 0 Å².